The van der Waals surface area contributed by atoms with Crippen LogP contribution in [0, 0.1) is 6.61 Å². The van der Waals surface area contributed by atoms with Crippen molar-refractivity contribution < 1.29 is 20.1 Å². The highest BCUT2D eigenvalue weighted by Crippen LogP contribution is 2.38. The zero-order valence-corrected chi connectivity index (χ0v) is 6.75. The number of rotatable bonds is 1. The molecular weight excluding hydrogens is 172 g/mol. The van der Waals surface area contributed by atoms with Gasteiger partial charge in [-0.3, -0.25) is 0 Å². The molecule has 1 aliphatic heterocycles. The van der Waals surface area contributed by atoms with Gasteiger partial charge in [0.15, 0.2) is 5.06 Å². The maximum Gasteiger partial charge on any atom is 0.193 e. The van der Waals surface area contributed by atoms with Gasteiger partial charge in [0.2, 0.25) is 0 Å². The maximum absolute atomic E-state index is 9.30. The van der Waals surface area contributed by atoms with Gasteiger partial charge in [0.05, 0.1) is 6.61 Å². The second-order valence-corrected chi connectivity index (χ2v) is 3.45. The Kier molecular flexibility index (Phi) is 2.15. The van der Waals surface area contributed by atoms with Crippen LogP contribution in [0.4, 0.5) is 0 Å². The SMILES string of the molecule is C[C@]1(O)[CH]O[C@](Cl)(CO)[C@H]1O. The van der Waals surface area contributed by atoms with Gasteiger partial charge in [-0.2, -0.15) is 0 Å². The zero-order valence-electron chi connectivity index (χ0n) is 5.99. The van der Waals surface area contributed by atoms with E-state index in [1.165, 1.54) is 6.92 Å². The molecule has 1 radical (unpaired) electrons. The van der Waals surface area contributed by atoms with Crippen LogP contribution in [-0.2, 0) is 4.74 Å². The summed E-state index contributed by atoms with van der Waals surface area (Å²) in [7, 11) is 0. The third-order valence-corrected chi connectivity index (χ3v) is 2.09. The average molecular weight is 182 g/mol. The van der Waals surface area contributed by atoms with Crippen LogP contribution in [0.5, 0.6) is 0 Å². The minimum Gasteiger partial charge on any atom is -0.392 e. The van der Waals surface area contributed by atoms with E-state index >= 15 is 0 Å². The molecule has 1 aliphatic rings. The second kappa shape index (κ2) is 2.57. The lowest BCUT2D eigenvalue weighted by molar-refractivity contribution is -0.0584. The first-order valence-corrected chi connectivity index (χ1v) is 3.52. The van der Waals surface area contributed by atoms with E-state index in [0.717, 1.165) is 6.61 Å². The van der Waals surface area contributed by atoms with E-state index < -0.39 is 23.4 Å². The highest BCUT2D eigenvalue weighted by atomic mass is 35.5. The number of hydrogen-bond acceptors (Lipinski definition) is 4. The molecule has 3 N–H and O–H groups in total. The first kappa shape index (κ1) is 9.22. The van der Waals surface area contributed by atoms with Gasteiger partial charge in [-0.1, -0.05) is 11.6 Å². The monoisotopic (exact) mass is 181 g/mol. The summed E-state index contributed by atoms with van der Waals surface area (Å²) >= 11 is 5.58. The summed E-state index contributed by atoms with van der Waals surface area (Å²) < 4.78 is 4.71. The third-order valence-electron chi connectivity index (χ3n) is 1.67. The Balaban J connectivity index is 2.78. The molecule has 0 aliphatic carbocycles. The normalized spacial score (nSPS) is 51.5. The van der Waals surface area contributed by atoms with Crippen molar-refractivity contribution in [2.75, 3.05) is 6.61 Å². The van der Waals surface area contributed by atoms with Crippen molar-refractivity contribution >= 4 is 11.6 Å². The van der Waals surface area contributed by atoms with Crippen LogP contribution in [0.1, 0.15) is 6.92 Å². The highest BCUT2D eigenvalue weighted by Gasteiger charge is 2.54. The van der Waals surface area contributed by atoms with Gasteiger partial charge in [0, 0.05) is 0 Å². The predicted octanol–water partition coefficient (Wildman–Crippen LogP) is -0.782. The smallest absolute Gasteiger partial charge is 0.193 e. The molecule has 0 spiro atoms. The third kappa shape index (κ3) is 1.37. The average Bonchev–Trinajstić information content (AvgIpc) is 2.16. The largest absolute Gasteiger partial charge is 0.392 e. The van der Waals surface area contributed by atoms with E-state index in [4.69, 9.17) is 21.4 Å². The number of ether oxygens (including phenoxy) is 1. The van der Waals surface area contributed by atoms with Crippen LogP contribution in [0.3, 0.4) is 0 Å². The molecule has 1 fully saturated rings. The first-order valence-electron chi connectivity index (χ1n) is 3.15. The van der Waals surface area contributed by atoms with Gasteiger partial charge < -0.3 is 20.1 Å². The van der Waals surface area contributed by atoms with E-state index in [9.17, 15) is 10.2 Å². The molecule has 5 heteroatoms. The Morgan fingerprint density at radius 2 is 2.27 bits per heavy atom. The zero-order chi connectivity index (χ0) is 8.70. The molecular formula is C6H10ClO4. The van der Waals surface area contributed by atoms with Crippen molar-refractivity contribution in [1.82, 2.24) is 0 Å². The number of hydrogen-bond donors (Lipinski definition) is 3. The standard InChI is InChI=1S/C6H10ClO4/c1-5(10)3-11-6(7,2-8)4(5)9/h3-4,8-10H,2H2,1H3/t4-,5-,6+/m0/s1. The van der Waals surface area contributed by atoms with Gasteiger partial charge >= 0.3 is 0 Å². The minimum atomic E-state index is -1.59. The molecule has 4 nitrogen and oxygen atoms in total. The second-order valence-electron chi connectivity index (χ2n) is 2.81. The summed E-state index contributed by atoms with van der Waals surface area (Å²) in [6.45, 7) is 1.81. The summed E-state index contributed by atoms with van der Waals surface area (Å²) in [6.07, 6.45) is -1.32. The van der Waals surface area contributed by atoms with Crippen LogP contribution in [-0.4, -0.2) is 38.7 Å². The molecule has 0 amide bonds. The van der Waals surface area contributed by atoms with Gasteiger partial charge in [0.1, 0.15) is 18.3 Å². The van der Waals surface area contributed by atoms with Gasteiger partial charge in [-0.25, -0.2) is 0 Å². The Morgan fingerprint density at radius 1 is 1.73 bits per heavy atom. The topological polar surface area (TPSA) is 69.9 Å². The van der Waals surface area contributed by atoms with E-state index in [2.05, 4.69) is 0 Å². The Morgan fingerprint density at radius 3 is 2.45 bits per heavy atom. The fraction of sp³-hybridized carbons (Fsp3) is 0.833. The number of halogens is 1. The molecule has 3 atom stereocenters. The molecule has 0 saturated carbocycles. The Labute approximate surface area is 69.4 Å². The van der Waals surface area contributed by atoms with Crippen LogP contribution in [0.25, 0.3) is 0 Å². The summed E-state index contributed by atoms with van der Waals surface area (Å²) in [5.41, 5.74) is -1.50. The van der Waals surface area contributed by atoms with Crippen molar-refractivity contribution in [1.29, 1.82) is 0 Å². The first-order chi connectivity index (χ1) is 4.92. The minimum absolute atomic E-state index is 0.553. The van der Waals surface area contributed by atoms with Gasteiger partial charge in [-0.05, 0) is 6.92 Å². The van der Waals surface area contributed by atoms with E-state index in [1.807, 2.05) is 0 Å². The Bertz CT molecular complexity index is 161. The van der Waals surface area contributed by atoms with E-state index in [1.54, 1.807) is 0 Å². The molecule has 0 aromatic rings. The summed E-state index contributed by atoms with van der Waals surface area (Å²) in [5, 5.41) is 25.7. The fourth-order valence-electron chi connectivity index (χ4n) is 0.906. The molecule has 1 rings (SSSR count). The molecule has 0 aromatic heterocycles. The summed E-state index contributed by atoms with van der Waals surface area (Å²) in [6, 6.07) is 0. The molecule has 65 valence electrons. The van der Waals surface area contributed by atoms with E-state index in [-0.39, 0.29) is 0 Å². The Hall–Kier alpha value is 0.130. The van der Waals surface area contributed by atoms with Crippen LogP contribution >= 0.6 is 11.6 Å². The number of aliphatic hydroxyl groups is 3. The lowest BCUT2D eigenvalue weighted by Crippen LogP contribution is -2.46. The molecule has 1 heterocycles. The van der Waals surface area contributed by atoms with Crippen LogP contribution in [0.2, 0.25) is 0 Å². The van der Waals surface area contributed by atoms with Gasteiger partial charge in [0.25, 0.3) is 0 Å². The van der Waals surface area contributed by atoms with Gasteiger partial charge in [-0.15, -0.1) is 0 Å². The van der Waals surface area contributed by atoms with Crippen molar-refractivity contribution in [3.63, 3.8) is 0 Å². The van der Waals surface area contributed by atoms with Crippen LogP contribution in [0.15, 0.2) is 0 Å². The van der Waals surface area contributed by atoms with Crippen molar-refractivity contribution in [2.24, 2.45) is 0 Å². The highest BCUT2D eigenvalue weighted by molar-refractivity contribution is 6.23. The molecule has 1 saturated heterocycles. The molecule has 0 unspecified atom stereocenters. The maximum atomic E-state index is 9.30. The number of alkyl halides is 1. The lowest BCUT2D eigenvalue weighted by Gasteiger charge is -2.25. The summed E-state index contributed by atoms with van der Waals surface area (Å²) in [5.74, 6) is 0. The molecule has 0 bridgehead atoms. The molecule has 0 aromatic carbocycles. The fourth-order valence-corrected chi connectivity index (χ4v) is 1.17. The number of aliphatic hydroxyl groups excluding tert-OH is 2. The van der Waals surface area contributed by atoms with Crippen LogP contribution < -0.4 is 0 Å². The van der Waals surface area contributed by atoms with Crippen molar-refractivity contribution in [3.05, 3.63) is 6.61 Å². The van der Waals surface area contributed by atoms with E-state index in [0.29, 0.717) is 0 Å². The predicted molar refractivity (Wildman–Crippen MR) is 37.7 cm³/mol. The van der Waals surface area contributed by atoms with Crippen molar-refractivity contribution in [3.8, 4) is 0 Å². The lowest BCUT2D eigenvalue weighted by atomic mass is 9.99. The summed E-state index contributed by atoms with van der Waals surface area (Å²) in [4.78, 5) is 0. The molecule has 11 heavy (non-hydrogen) atoms. The quantitative estimate of drug-likeness (QED) is 0.464. The van der Waals surface area contributed by atoms with Crippen molar-refractivity contribution in [2.45, 2.75) is 23.7 Å².